The molecule has 112 valence electrons. The largest absolute Gasteiger partial charge is 0.444 e. The molecule has 0 N–H and O–H groups in total. The Balaban J connectivity index is 1.66. The van der Waals surface area contributed by atoms with Gasteiger partial charge in [0.05, 0.1) is 6.42 Å². The van der Waals surface area contributed by atoms with Gasteiger partial charge in [0.25, 0.3) is 0 Å². The summed E-state index contributed by atoms with van der Waals surface area (Å²) in [6.07, 6.45) is 3.15. The van der Waals surface area contributed by atoms with Gasteiger partial charge in [0.15, 0.2) is 5.72 Å². The van der Waals surface area contributed by atoms with E-state index in [1.54, 1.807) is 4.90 Å². The predicted octanol–water partition coefficient (Wildman–Crippen LogP) is 2.84. The van der Waals surface area contributed by atoms with Crippen LogP contribution >= 0.6 is 0 Å². The van der Waals surface area contributed by atoms with E-state index in [0.717, 1.165) is 18.4 Å². The average Bonchev–Trinajstić information content (AvgIpc) is 2.87. The second-order valence-electron chi connectivity index (χ2n) is 5.57. The molecule has 0 aliphatic carbocycles. The molecular weight excluding hydrogens is 270 g/mol. The molecule has 2 saturated heterocycles. The van der Waals surface area contributed by atoms with Gasteiger partial charge in [-0.2, -0.15) is 0 Å². The van der Waals surface area contributed by atoms with Crippen LogP contribution < -0.4 is 0 Å². The van der Waals surface area contributed by atoms with Gasteiger partial charge in [0, 0.05) is 19.4 Å². The molecule has 0 aromatic heterocycles. The quantitative estimate of drug-likeness (QED) is 0.786. The van der Waals surface area contributed by atoms with E-state index in [2.05, 4.69) is 0 Å². The van der Waals surface area contributed by atoms with Crippen molar-refractivity contribution in [2.45, 2.75) is 44.4 Å². The summed E-state index contributed by atoms with van der Waals surface area (Å²) in [5.74, 6) is -0.224. The molecule has 0 bridgehead atoms. The van der Waals surface area contributed by atoms with Crippen molar-refractivity contribution in [3.63, 3.8) is 0 Å². The zero-order valence-corrected chi connectivity index (χ0v) is 11.9. The minimum Gasteiger partial charge on any atom is -0.444 e. The van der Waals surface area contributed by atoms with Crippen LogP contribution in [-0.4, -0.2) is 29.2 Å². The number of esters is 1. The van der Waals surface area contributed by atoms with Crippen LogP contribution in [0.4, 0.5) is 4.79 Å². The zero-order valence-electron chi connectivity index (χ0n) is 11.9. The molecule has 5 heteroatoms. The molecule has 21 heavy (non-hydrogen) atoms. The monoisotopic (exact) mass is 289 g/mol. The van der Waals surface area contributed by atoms with E-state index in [1.165, 1.54) is 0 Å². The smallest absolute Gasteiger partial charge is 0.413 e. The van der Waals surface area contributed by atoms with E-state index in [-0.39, 0.29) is 12.6 Å². The molecule has 2 heterocycles. The molecule has 1 spiro atoms. The second kappa shape index (κ2) is 5.76. The molecule has 0 saturated carbocycles. The van der Waals surface area contributed by atoms with Crippen molar-refractivity contribution in [1.82, 2.24) is 4.90 Å². The fraction of sp³-hybridized carbons (Fsp3) is 0.500. The number of benzene rings is 1. The fourth-order valence-electron chi connectivity index (χ4n) is 3.04. The average molecular weight is 289 g/mol. The summed E-state index contributed by atoms with van der Waals surface area (Å²) in [6, 6.07) is 9.56. The minimum atomic E-state index is -0.761. The molecular formula is C16H19NO4. The van der Waals surface area contributed by atoms with Gasteiger partial charge in [0.1, 0.15) is 6.61 Å². The van der Waals surface area contributed by atoms with E-state index in [4.69, 9.17) is 9.47 Å². The molecule has 1 aromatic rings. The van der Waals surface area contributed by atoms with E-state index in [1.807, 2.05) is 30.3 Å². The highest BCUT2D eigenvalue weighted by Crippen LogP contribution is 2.38. The Bertz CT molecular complexity index is 530. The highest BCUT2D eigenvalue weighted by Gasteiger charge is 2.49. The first-order valence-corrected chi connectivity index (χ1v) is 7.40. The highest BCUT2D eigenvalue weighted by molar-refractivity contribution is 5.75. The maximum Gasteiger partial charge on any atom is 0.413 e. The first-order valence-electron chi connectivity index (χ1n) is 7.40. The van der Waals surface area contributed by atoms with Crippen LogP contribution in [0.25, 0.3) is 0 Å². The van der Waals surface area contributed by atoms with Crippen molar-refractivity contribution >= 4 is 12.1 Å². The third-order valence-corrected chi connectivity index (χ3v) is 4.14. The van der Waals surface area contributed by atoms with Gasteiger partial charge in [-0.1, -0.05) is 30.3 Å². The van der Waals surface area contributed by atoms with Gasteiger partial charge in [-0.3, -0.25) is 9.69 Å². The number of rotatable bonds is 2. The third-order valence-electron chi connectivity index (χ3n) is 4.14. The van der Waals surface area contributed by atoms with E-state index >= 15 is 0 Å². The lowest BCUT2D eigenvalue weighted by Crippen LogP contribution is -2.54. The van der Waals surface area contributed by atoms with Crippen molar-refractivity contribution in [3.8, 4) is 0 Å². The number of hydrogen-bond acceptors (Lipinski definition) is 4. The van der Waals surface area contributed by atoms with Crippen LogP contribution in [0.1, 0.15) is 37.7 Å². The Morgan fingerprint density at radius 2 is 2.05 bits per heavy atom. The number of carbonyl (C=O) groups excluding carboxylic acids is 2. The molecule has 2 aliphatic heterocycles. The molecule has 2 fully saturated rings. The van der Waals surface area contributed by atoms with Gasteiger partial charge in [0.2, 0.25) is 0 Å². The lowest BCUT2D eigenvalue weighted by atomic mass is 9.96. The second-order valence-corrected chi connectivity index (χ2v) is 5.57. The first kappa shape index (κ1) is 13.9. The Kier molecular flexibility index (Phi) is 3.82. The number of carbonyl (C=O) groups is 2. The molecule has 5 nitrogen and oxygen atoms in total. The van der Waals surface area contributed by atoms with Crippen LogP contribution in [0.15, 0.2) is 30.3 Å². The molecule has 1 aromatic carbocycles. The Morgan fingerprint density at radius 1 is 1.24 bits per heavy atom. The molecule has 2 aliphatic rings. The van der Waals surface area contributed by atoms with Crippen LogP contribution in [0, 0.1) is 0 Å². The predicted molar refractivity (Wildman–Crippen MR) is 75.2 cm³/mol. The number of hydrogen-bond donors (Lipinski definition) is 0. The van der Waals surface area contributed by atoms with Crippen molar-refractivity contribution in [1.29, 1.82) is 0 Å². The molecule has 0 radical (unpaired) electrons. The normalized spacial score (nSPS) is 25.0. The Morgan fingerprint density at radius 3 is 2.76 bits per heavy atom. The fourth-order valence-corrected chi connectivity index (χ4v) is 3.04. The van der Waals surface area contributed by atoms with Crippen molar-refractivity contribution in [2.75, 3.05) is 6.54 Å². The van der Waals surface area contributed by atoms with Gasteiger partial charge < -0.3 is 9.47 Å². The van der Waals surface area contributed by atoms with Gasteiger partial charge in [-0.15, -0.1) is 0 Å². The van der Waals surface area contributed by atoms with Gasteiger partial charge >= 0.3 is 12.1 Å². The summed E-state index contributed by atoms with van der Waals surface area (Å²) in [7, 11) is 0. The third kappa shape index (κ3) is 2.86. The lowest BCUT2D eigenvalue weighted by molar-refractivity contribution is -0.169. The minimum absolute atomic E-state index is 0.224. The van der Waals surface area contributed by atoms with Crippen molar-refractivity contribution in [3.05, 3.63) is 35.9 Å². The number of piperidine rings is 1. The maximum absolute atomic E-state index is 12.4. The zero-order chi connectivity index (χ0) is 14.7. The summed E-state index contributed by atoms with van der Waals surface area (Å²) in [5.41, 5.74) is 0.184. The highest BCUT2D eigenvalue weighted by atomic mass is 16.6. The van der Waals surface area contributed by atoms with E-state index in [9.17, 15) is 9.59 Å². The molecule has 1 amide bonds. The summed E-state index contributed by atoms with van der Waals surface area (Å²) < 4.78 is 10.8. The molecule has 1 atom stereocenters. The summed E-state index contributed by atoms with van der Waals surface area (Å²) in [5, 5.41) is 0. The molecule has 3 rings (SSSR count). The summed E-state index contributed by atoms with van der Waals surface area (Å²) in [6.45, 7) is 0.821. The Labute approximate surface area is 123 Å². The number of amides is 1. The van der Waals surface area contributed by atoms with E-state index in [0.29, 0.717) is 25.8 Å². The van der Waals surface area contributed by atoms with Crippen molar-refractivity contribution < 1.29 is 19.1 Å². The van der Waals surface area contributed by atoms with Gasteiger partial charge in [-0.05, 0) is 18.4 Å². The SMILES string of the molecule is O=C1CC[C@]2(CCCCN2C(=O)OCc2ccccc2)O1. The first-order chi connectivity index (χ1) is 10.2. The lowest BCUT2D eigenvalue weighted by Gasteiger charge is -2.42. The maximum atomic E-state index is 12.4. The van der Waals surface area contributed by atoms with Crippen LogP contribution in [-0.2, 0) is 20.9 Å². The van der Waals surface area contributed by atoms with Crippen molar-refractivity contribution in [2.24, 2.45) is 0 Å². The number of likely N-dealkylation sites (tertiary alicyclic amines) is 1. The van der Waals surface area contributed by atoms with E-state index < -0.39 is 11.8 Å². The summed E-state index contributed by atoms with van der Waals surface area (Å²) in [4.78, 5) is 25.4. The number of nitrogens with zero attached hydrogens (tertiary/aromatic N) is 1. The van der Waals surface area contributed by atoms with Gasteiger partial charge in [-0.25, -0.2) is 4.79 Å². The summed E-state index contributed by atoms with van der Waals surface area (Å²) >= 11 is 0. The molecule has 0 unspecified atom stereocenters. The van der Waals surface area contributed by atoms with Crippen LogP contribution in [0.2, 0.25) is 0 Å². The number of ether oxygens (including phenoxy) is 2. The standard InChI is InChI=1S/C16H19NO4/c18-14-8-10-16(21-14)9-4-5-11-17(16)15(19)20-12-13-6-2-1-3-7-13/h1-3,6-7H,4-5,8-12H2/t16-/m0/s1. The Hall–Kier alpha value is -2.04. The van der Waals surface area contributed by atoms with Crippen LogP contribution in [0.3, 0.4) is 0 Å². The van der Waals surface area contributed by atoms with Crippen LogP contribution in [0.5, 0.6) is 0 Å². The topological polar surface area (TPSA) is 55.8 Å².